The molecule has 1 aromatic carbocycles. The molecule has 0 bridgehead atoms. The molecule has 3 aromatic rings. The predicted octanol–water partition coefficient (Wildman–Crippen LogP) is 1.72. The van der Waals surface area contributed by atoms with Crippen molar-refractivity contribution < 1.29 is 0 Å². The molecular weight excluding hydrogens is 214 g/mol. The van der Waals surface area contributed by atoms with Crippen molar-refractivity contribution >= 4 is 0 Å². The lowest BCUT2D eigenvalue weighted by atomic mass is 10.2. The van der Waals surface area contributed by atoms with Crippen molar-refractivity contribution in [2.75, 3.05) is 0 Å². The van der Waals surface area contributed by atoms with Crippen LogP contribution < -0.4 is 0 Å². The zero-order valence-electron chi connectivity index (χ0n) is 8.93. The first-order chi connectivity index (χ1) is 8.45. The van der Waals surface area contributed by atoms with Crippen molar-refractivity contribution in [2.24, 2.45) is 0 Å². The summed E-state index contributed by atoms with van der Waals surface area (Å²) in [6.07, 6.45) is 4.99. The van der Waals surface area contributed by atoms with Gasteiger partial charge in [-0.1, -0.05) is 18.2 Å². The van der Waals surface area contributed by atoms with E-state index in [0.717, 1.165) is 17.1 Å². The molecule has 0 aliphatic rings. The Balaban J connectivity index is 2.13. The van der Waals surface area contributed by atoms with Gasteiger partial charge < -0.3 is 0 Å². The Hall–Kier alpha value is -2.56. The average molecular weight is 223 g/mol. The molecule has 0 unspecified atom stereocenters. The van der Waals surface area contributed by atoms with E-state index in [4.69, 9.17) is 0 Å². The quantitative estimate of drug-likeness (QED) is 0.663. The fourth-order valence-corrected chi connectivity index (χ4v) is 1.63. The molecule has 0 radical (unpaired) electrons. The molecule has 0 N–H and O–H groups in total. The first-order valence-corrected chi connectivity index (χ1v) is 5.17. The lowest BCUT2D eigenvalue weighted by Gasteiger charge is -2.05. The highest BCUT2D eigenvalue weighted by Gasteiger charge is 2.08. The van der Waals surface area contributed by atoms with E-state index in [9.17, 15) is 0 Å². The number of nitrogens with zero attached hydrogens (tertiary/aromatic N) is 5. The molecule has 0 aliphatic heterocycles. The average Bonchev–Trinajstić information content (AvgIpc) is 2.90. The Morgan fingerprint density at radius 3 is 2.53 bits per heavy atom. The van der Waals surface area contributed by atoms with Gasteiger partial charge in [0.05, 0.1) is 12.4 Å². The van der Waals surface area contributed by atoms with Crippen LogP contribution in [0.4, 0.5) is 0 Å². The minimum Gasteiger partial charge on any atom is -0.282 e. The largest absolute Gasteiger partial charge is 0.282 e. The Kier molecular flexibility index (Phi) is 2.34. The van der Waals surface area contributed by atoms with Crippen molar-refractivity contribution in [1.82, 2.24) is 25.0 Å². The van der Waals surface area contributed by atoms with Gasteiger partial charge in [-0.3, -0.25) is 4.57 Å². The van der Waals surface area contributed by atoms with Gasteiger partial charge in [0.25, 0.3) is 0 Å². The summed E-state index contributed by atoms with van der Waals surface area (Å²) >= 11 is 0. The van der Waals surface area contributed by atoms with Crippen LogP contribution in [0, 0.1) is 0 Å². The molecule has 0 saturated carbocycles. The van der Waals surface area contributed by atoms with E-state index >= 15 is 0 Å². The van der Waals surface area contributed by atoms with Gasteiger partial charge in [0.2, 0.25) is 0 Å². The molecule has 0 atom stereocenters. The zero-order valence-corrected chi connectivity index (χ0v) is 8.93. The molecule has 17 heavy (non-hydrogen) atoms. The highest BCUT2D eigenvalue weighted by atomic mass is 15.3. The van der Waals surface area contributed by atoms with E-state index in [2.05, 4.69) is 20.4 Å². The van der Waals surface area contributed by atoms with Gasteiger partial charge in [-0.15, -0.1) is 10.2 Å². The first kappa shape index (κ1) is 9.65. The van der Waals surface area contributed by atoms with Crippen LogP contribution in [0.1, 0.15) is 0 Å². The third kappa shape index (κ3) is 1.78. The van der Waals surface area contributed by atoms with Gasteiger partial charge in [-0.05, 0) is 18.2 Å². The van der Waals surface area contributed by atoms with E-state index in [1.165, 1.54) is 0 Å². The molecule has 5 heteroatoms. The molecule has 2 heterocycles. The standard InChI is InChI=1S/C12H9N5/c1-2-4-11(5-3-1)17-9-15-16-12(17)10-6-7-13-14-8-10/h1-9H. The predicted molar refractivity (Wildman–Crippen MR) is 62.4 cm³/mol. The second-order valence-corrected chi connectivity index (χ2v) is 3.49. The summed E-state index contributed by atoms with van der Waals surface area (Å²) < 4.78 is 1.91. The van der Waals surface area contributed by atoms with Gasteiger partial charge >= 0.3 is 0 Å². The zero-order chi connectivity index (χ0) is 11.5. The molecule has 0 aliphatic carbocycles. The molecule has 0 fully saturated rings. The van der Waals surface area contributed by atoms with Crippen LogP contribution in [0.3, 0.4) is 0 Å². The number of rotatable bonds is 2. The number of aromatic nitrogens is 5. The summed E-state index contributed by atoms with van der Waals surface area (Å²) in [5, 5.41) is 15.6. The summed E-state index contributed by atoms with van der Waals surface area (Å²) in [5.74, 6) is 0.756. The van der Waals surface area contributed by atoms with Gasteiger partial charge in [0.15, 0.2) is 5.82 Å². The first-order valence-electron chi connectivity index (χ1n) is 5.17. The fraction of sp³-hybridized carbons (Fsp3) is 0. The van der Waals surface area contributed by atoms with E-state index in [-0.39, 0.29) is 0 Å². The topological polar surface area (TPSA) is 56.5 Å². The molecule has 0 saturated heterocycles. The Labute approximate surface area is 97.8 Å². The number of hydrogen-bond acceptors (Lipinski definition) is 4. The van der Waals surface area contributed by atoms with Crippen LogP contribution in [-0.2, 0) is 0 Å². The highest BCUT2D eigenvalue weighted by molar-refractivity contribution is 5.56. The summed E-state index contributed by atoms with van der Waals surface area (Å²) in [5.41, 5.74) is 1.91. The van der Waals surface area contributed by atoms with Crippen LogP contribution in [-0.4, -0.2) is 25.0 Å². The van der Waals surface area contributed by atoms with Crippen molar-refractivity contribution in [2.45, 2.75) is 0 Å². The van der Waals surface area contributed by atoms with Crippen molar-refractivity contribution in [3.05, 3.63) is 55.1 Å². The van der Waals surface area contributed by atoms with Crippen LogP contribution >= 0.6 is 0 Å². The van der Waals surface area contributed by atoms with Crippen LogP contribution in [0.25, 0.3) is 17.1 Å². The third-order valence-electron chi connectivity index (χ3n) is 2.42. The summed E-state index contributed by atoms with van der Waals surface area (Å²) in [6.45, 7) is 0. The third-order valence-corrected chi connectivity index (χ3v) is 2.42. The van der Waals surface area contributed by atoms with Crippen molar-refractivity contribution in [1.29, 1.82) is 0 Å². The second kappa shape index (κ2) is 4.13. The lowest BCUT2D eigenvalue weighted by Crippen LogP contribution is -1.96. The molecule has 3 rings (SSSR count). The van der Waals surface area contributed by atoms with E-state index in [1.807, 2.05) is 41.0 Å². The summed E-state index contributed by atoms with van der Waals surface area (Å²) in [6, 6.07) is 11.8. The summed E-state index contributed by atoms with van der Waals surface area (Å²) in [4.78, 5) is 0. The van der Waals surface area contributed by atoms with Crippen LogP contribution in [0.5, 0.6) is 0 Å². The van der Waals surface area contributed by atoms with E-state index in [0.29, 0.717) is 0 Å². The molecule has 0 spiro atoms. The van der Waals surface area contributed by atoms with Gasteiger partial charge in [0, 0.05) is 11.3 Å². The van der Waals surface area contributed by atoms with Gasteiger partial charge in [-0.25, -0.2) is 0 Å². The fourth-order valence-electron chi connectivity index (χ4n) is 1.63. The number of para-hydroxylation sites is 1. The maximum Gasteiger partial charge on any atom is 0.170 e. The molecule has 82 valence electrons. The molecule has 5 nitrogen and oxygen atoms in total. The molecular formula is C12H9N5. The monoisotopic (exact) mass is 223 g/mol. The number of hydrogen-bond donors (Lipinski definition) is 0. The SMILES string of the molecule is c1ccc(-n2cnnc2-c2ccnnc2)cc1. The Morgan fingerprint density at radius 2 is 1.76 bits per heavy atom. The molecule has 0 amide bonds. The van der Waals surface area contributed by atoms with Gasteiger partial charge in [-0.2, -0.15) is 10.2 Å². The maximum atomic E-state index is 4.11. The van der Waals surface area contributed by atoms with Crippen LogP contribution in [0.2, 0.25) is 0 Å². The minimum atomic E-state index is 0.756. The maximum absolute atomic E-state index is 4.11. The summed E-state index contributed by atoms with van der Waals surface area (Å²) in [7, 11) is 0. The second-order valence-electron chi connectivity index (χ2n) is 3.49. The normalized spacial score (nSPS) is 10.4. The van der Waals surface area contributed by atoms with Crippen LogP contribution in [0.15, 0.2) is 55.1 Å². The number of benzene rings is 1. The van der Waals surface area contributed by atoms with E-state index in [1.54, 1.807) is 18.7 Å². The Bertz CT molecular complexity index is 549. The Morgan fingerprint density at radius 1 is 0.882 bits per heavy atom. The lowest BCUT2D eigenvalue weighted by molar-refractivity contribution is 1.01. The van der Waals surface area contributed by atoms with E-state index < -0.39 is 0 Å². The smallest absolute Gasteiger partial charge is 0.170 e. The minimum absolute atomic E-state index is 0.756. The van der Waals surface area contributed by atoms with Crippen molar-refractivity contribution in [3.63, 3.8) is 0 Å². The highest BCUT2D eigenvalue weighted by Crippen LogP contribution is 2.18. The molecule has 2 aromatic heterocycles. The van der Waals surface area contributed by atoms with Crippen molar-refractivity contribution in [3.8, 4) is 17.1 Å². The van der Waals surface area contributed by atoms with Gasteiger partial charge in [0.1, 0.15) is 6.33 Å².